The fraction of sp³-hybridized carbons (Fsp3) is 0.333. The van der Waals surface area contributed by atoms with Gasteiger partial charge in [-0.3, -0.25) is 0 Å². The first-order valence-electron chi connectivity index (χ1n) is 4.77. The number of hydrogen-bond donors (Lipinski definition) is 1. The zero-order valence-corrected chi connectivity index (χ0v) is 9.90. The Kier molecular flexibility index (Phi) is 3.16. The summed E-state index contributed by atoms with van der Waals surface area (Å²) in [7, 11) is 1.79. The number of nitrogens with zero attached hydrogens (tertiary/aromatic N) is 5. The van der Waals surface area contributed by atoms with Crippen molar-refractivity contribution >= 4 is 11.8 Å². The van der Waals surface area contributed by atoms with Crippen LogP contribution in [0.3, 0.4) is 0 Å². The number of tetrazole rings is 1. The molecule has 0 unspecified atom stereocenters. The average molecular weight is 236 g/mol. The molecule has 16 heavy (non-hydrogen) atoms. The van der Waals surface area contributed by atoms with E-state index < -0.39 is 0 Å². The van der Waals surface area contributed by atoms with Crippen LogP contribution in [0.15, 0.2) is 22.4 Å². The van der Waals surface area contributed by atoms with Crippen LogP contribution in [0.5, 0.6) is 0 Å². The van der Waals surface area contributed by atoms with Crippen molar-refractivity contribution in [3.05, 3.63) is 23.4 Å². The van der Waals surface area contributed by atoms with Crippen LogP contribution in [0, 0.1) is 6.92 Å². The van der Waals surface area contributed by atoms with Crippen LogP contribution in [0.25, 0.3) is 0 Å². The topological polar surface area (TPSA) is 82.5 Å². The molecule has 2 aromatic heterocycles. The maximum atomic E-state index is 5.71. The molecule has 2 N–H and O–H groups in total. The van der Waals surface area contributed by atoms with E-state index >= 15 is 0 Å². The van der Waals surface area contributed by atoms with Gasteiger partial charge in [-0.15, -0.1) is 5.10 Å². The lowest BCUT2D eigenvalue weighted by Crippen LogP contribution is -2.03. The van der Waals surface area contributed by atoms with Gasteiger partial charge in [0.05, 0.1) is 0 Å². The zero-order valence-electron chi connectivity index (χ0n) is 9.08. The van der Waals surface area contributed by atoms with Gasteiger partial charge in [0.15, 0.2) is 0 Å². The van der Waals surface area contributed by atoms with Crippen LogP contribution in [0.1, 0.15) is 11.1 Å². The van der Waals surface area contributed by atoms with Gasteiger partial charge < -0.3 is 5.73 Å². The number of nitrogens with two attached hydrogens (primary N) is 1. The molecule has 0 aliphatic rings. The monoisotopic (exact) mass is 236 g/mol. The van der Waals surface area contributed by atoms with Gasteiger partial charge in [0, 0.05) is 25.4 Å². The SMILES string of the molecule is Cc1ccnc(Sc2nnnn2C)c1CN. The highest BCUT2D eigenvalue weighted by atomic mass is 32.2. The number of aromatic nitrogens is 5. The summed E-state index contributed by atoms with van der Waals surface area (Å²) in [6, 6.07) is 1.95. The van der Waals surface area contributed by atoms with E-state index in [4.69, 9.17) is 5.73 Å². The van der Waals surface area contributed by atoms with Crippen LogP contribution >= 0.6 is 11.8 Å². The number of rotatable bonds is 3. The number of aryl methyl sites for hydroxylation is 2. The fourth-order valence-electron chi connectivity index (χ4n) is 1.29. The molecule has 0 spiro atoms. The molecular formula is C9H12N6S. The summed E-state index contributed by atoms with van der Waals surface area (Å²) in [5.41, 5.74) is 7.88. The molecule has 0 saturated carbocycles. The smallest absolute Gasteiger partial charge is 0.215 e. The van der Waals surface area contributed by atoms with Crippen molar-refractivity contribution in [1.82, 2.24) is 25.2 Å². The lowest BCUT2D eigenvalue weighted by molar-refractivity contribution is 0.664. The van der Waals surface area contributed by atoms with Gasteiger partial charge >= 0.3 is 0 Å². The molecule has 0 radical (unpaired) electrons. The van der Waals surface area contributed by atoms with Crippen molar-refractivity contribution in [3.63, 3.8) is 0 Å². The summed E-state index contributed by atoms with van der Waals surface area (Å²) in [5, 5.41) is 12.8. The molecule has 0 saturated heterocycles. The standard InChI is InChI=1S/C9H12N6S/c1-6-3-4-11-8(7(6)5-10)16-9-12-13-14-15(9)2/h3-4H,5,10H2,1-2H3. The average Bonchev–Trinajstić information content (AvgIpc) is 2.65. The fourth-order valence-corrected chi connectivity index (χ4v) is 2.19. The molecular weight excluding hydrogens is 224 g/mol. The Morgan fingerprint density at radius 2 is 2.31 bits per heavy atom. The minimum absolute atomic E-state index is 0.466. The summed E-state index contributed by atoms with van der Waals surface area (Å²) in [4.78, 5) is 4.30. The molecule has 7 heteroatoms. The Hall–Kier alpha value is -1.47. The summed E-state index contributed by atoms with van der Waals surface area (Å²) < 4.78 is 1.61. The molecule has 0 fully saturated rings. The normalized spacial score (nSPS) is 10.7. The van der Waals surface area contributed by atoms with E-state index in [1.165, 1.54) is 11.8 Å². The van der Waals surface area contributed by atoms with Crippen molar-refractivity contribution in [1.29, 1.82) is 0 Å². The first-order chi connectivity index (χ1) is 7.72. The van der Waals surface area contributed by atoms with Crippen molar-refractivity contribution in [2.24, 2.45) is 12.8 Å². The predicted molar refractivity (Wildman–Crippen MR) is 59.8 cm³/mol. The molecule has 0 atom stereocenters. The van der Waals surface area contributed by atoms with Gasteiger partial charge in [0.25, 0.3) is 0 Å². The van der Waals surface area contributed by atoms with E-state index in [1.807, 2.05) is 13.0 Å². The van der Waals surface area contributed by atoms with E-state index in [9.17, 15) is 0 Å². The van der Waals surface area contributed by atoms with Crippen molar-refractivity contribution in [3.8, 4) is 0 Å². The lowest BCUT2D eigenvalue weighted by Gasteiger charge is -2.07. The second kappa shape index (κ2) is 4.58. The first-order valence-corrected chi connectivity index (χ1v) is 5.58. The third-order valence-corrected chi connectivity index (χ3v) is 3.30. The van der Waals surface area contributed by atoms with Gasteiger partial charge in [-0.25, -0.2) is 9.67 Å². The van der Waals surface area contributed by atoms with Crippen LogP contribution < -0.4 is 5.73 Å². The Balaban J connectivity index is 2.35. The molecule has 2 heterocycles. The van der Waals surface area contributed by atoms with Gasteiger partial charge in [-0.1, -0.05) is 0 Å². The Morgan fingerprint density at radius 3 is 2.94 bits per heavy atom. The van der Waals surface area contributed by atoms with Gasteiger partial charge in [0.2, 0.25) is 5.16 Å². The lowest BCUT2D eigenvalue weighted by atomic mass is 10.2. The third-order valence-electron chi connectivity index (χ3n) is 2.22. The quantitative estimate of drug-likeness (QED) is 0.836. The molecule has 2 rings (SSSR count). The van der Waals surface area contributed by atoms with Crippen molar-refractivity contribution in [2.45, 2.75) is 23.7 Å². The molecule has 0 aliphatic heterocycles. The van der Waals surface area contributed by atoms with E-state index in [0.29, 0.717) is 11.7 Å². The van der Waals surface area contributed by atoms with Gasteiger partial charge in [-0.2, -0.15) is 0 Å². The summed E-state index contributed by atoms with van der Waals surface area (Å²) in [6.45, 7) is 2.48. The molecule has 0 amide bonds. The van der Waals surface area contributed by atoms with E-state index in [1.54, 1.807) is 17.9 Å². The minimum Gasteiger partial charge on any atom is -0.326 e. The second-order valence-corrected chi connectivity index (χ2v) is 4.26. The highest BCUT2D eigenvalue weighted by Gasteiger charge is 2.11. The van der Waals surface area contributed by atoms with E-state index in [2.05, 4.69) is 20.5 Å². The third kappa shape index (κ3) is 2.05. The van der Waals surface area contributed by atoms with Gasteiger partial charge in [-0.05, 0) is 40.7 Å². The van der Waals surface area contributed by atoms with Gasteiger partial charge in [0.1, 0.15) is 5.03 Å². The second-order valence-electron chi connectivity index (χ2n) is 3.30. The Labute approximate surface area is 97.2 Å². The summed E-state index contributed by atoms with van der Waals surface area (Å²) in [6.07, 6.45) is 1.76. The Bertz CT molecular complexity index is 494. The Morgan fingerprint density at radius 1 is 1.50 bits per heavy atom. The minimum atomic E-state index is 0.466. The molecule has 2 aromatic rings. The maximum Gasteiger partial charge on any atom is 0.215 e. The van der Waals surface area contributed by atoms with Crippen molar-refractivity contribution in [2.75, 3.05) is 0 Å². The maximum absolute atomic E-state index is 5.71. The highest BCUT2D eigenvalue weighted by Crippen LogP contribution is 2.27. The van der Waals surface area contributed by atoms with E-state index in [0.717, 1.165) is 16.2 Å². The summed E-state index contributed by atoms with van der Waals surface area (Å²) in [5.74, 6) is 0. The molecule has 6 nitrogen and oxygen atoms in total. The highest BCUT2D eigenvalue weighted by molar-refractivity contribution is 7.99. The van der Waals surface area contributed by atoms with Crippen LogP contribution in [0.2, 0.25) is 0 Å². The number of hydrogen-bond acceptors (Lipinski definition) is 6. The molecule has 0 aliphatic carbocycles. The van der Waals surface area contributed by atoms with Crippen LogP contribution in [-0.4, -0.2) is 25.2 Å². The van der Waals surface area contributed by atoms with Crippen molar-refractivity contribution < 1.29 is 0 Å². The number of pyridine rings is 1. The first kappa shape index (κ1) is 11.0. The van der Waals surface area contributed by atoms with Crippen LogP contribution in [0.4, 0.5) is 0 Å². The molecule has 0 aromatic carbocycles. The predicted octanol–water partition coefficient (Wildman–Crippen LogP) is 0.523. The largest absolute Gasteiger partial charge is 0.326 e. The molecule has 0 bridgehead atoms. The molecule has 84 valence electrons. The summed E-state index contributed by atoms with van der Waals surface area (Å²) >= 11 is 1.42. The van der Waals surface area contributed by atoms with E-state index in [-0.39, 0.29) is 0 Å². The van der Waals surface area contributed by atoms with Crippen LogP contribution in [-0.2, 0) is 13.6 Å². The zero-order chi connectivity index (χ0) is 11.5.